The van der Waals surface area contributed by atoms with Crippen LogP contribution in [0.15, 0.2) is 53.3 Å². The molecule has 0 saturated heterocycles. The van der Waals surface area contributed by atoms with Crippen molar-refractivity contribution in [2.45, 2.75) is 37.5 Å². The number of methoxy groups -OCH3 is 1. The van der Waals surface area contributed by atoms with Crippen molar-refractivity contribution in [2.75, 3.05) is 12.0 Å². The number of anilines is 1. The van der Waals surface area contributed by atoms with E-state index in [1.54, 1.807) is 0 Å². The summed E-state index contributed by atoms with van der Waals surface area (Å²) in [6.07, 6.45) is -16.3. The first-order valence-corrected chi connectivity index (χ1v) is 10.9. The molecule has 1 aliphatic rings. The van der Waals surface area contributed by atoms with Crippen molar-refractivity contribution >= 4 is 11.9 Å². The van der Waals surface area contributed by atoms with Crippen LogP contribution in [0.1, 0.15) is 34.0 Å². The van der Waals surface area contributed by atoms with Crippen LogP contribution in [0.4, 0.5) is 45.5 Å². The Hall–Kier alpha value is -4.04. The van der Waals surface area contributed by atoms with E-state index in [4.69, 9.17) is 4.74 Å². The number of hydrogen-bond donors (Lipinski definition) is 0. The summed E-state index contributed by atoms with van der Waals surface area (Å²) >= 11 is 0. The van der Waals surface area contributed by atoms with E-state index in [0.717, 1.165) is 4.90 Å². The van der Waals surface area contributed by atoms with Crippen LogP contribution in [-0.2, 0) is 36.3 Å². The van der Waals surface area contributed by atoms with Crippen LogP contribution in [0.25, 0.3) is 0 Å². The molecule has 208 valence electrons. The average Bonchev–Trinajstić information content (AvgIpc) is 3.09. The Labute approximate surface area is 213 Å². The van der Waals surface area contributed by atoms with Gasteiger partial charge in [0.15, 0.2) is 5.69 Å². The molecule has 1 unspecified atom stereocenters. The first-order valence-electron chi connectivity index (χ1n) is 10.9. The zero-order valence-electron chi connectivity index (χ0n) is 19.6. The van der Waals surface area contributed by atoms with Gasteiger partial charge in [0.1, 0.15) is 11.8 Å². The molecule has 3 aromatic rings. The number of hydrogen-bond acceptors (Lipinski definition) is 4. The van der Waals surface area contributed by atoms with Crippen molar-refractivity contribution < 1.29 is 49.0 Å². The number of ether oxygens (including phenoxy) is 1. The largest absolute Gasteiger partial charge is 0.497 e. The van der Waals surface area contributed by atoms with Crippen molar-refractivity contribution in [2.24, 2.45) is 0 Å². The molecule has 0 aliphatic carbocycles. The third kappa shape index (κ3) is 5.71. The molecule has 0 radical (unpaired) electrons. The van der Waals surface area contributed by atoms with E-state index in [1.165, 1.54) is 31.4 Å². The zero-order chi connectivity index (χ0) is 28.9. The number of benzene rings is 2. The zero-order valence-corrected chi connectivity index (χ0v) is 19.6. The molecule has 2 aromatic carbocycles. The number of rotatable bonds is 5. The summed E-state index contributed by atoms with van der Waals surface area (Å²) in [7, 11) is 1.38. The number of fused-ring (bicyclic) bond motifs is 1. The molecule has 0 spiro atoms. The van der Waals surface area contributed by atoms with Crippen LogP contribution in [0.5, 0.6) is 5.75 Å². The van der Waals surface area contributed by atoms with E-state index in [2.05, 4.69) is 4.98 Å². The van der Waals surface area contributed by atoms with Gasteiger partial charge in [-0.1, -0.05) is 12.1 Å². The standard InChI is InChI=1S/C24H16F9N3O3/c1-39-16-4-2-12(3-5-16)11-35-20(38)17(36-19(37)10-18(24(31,32)33)34-21(35)36)8-13-6-14(22(25,26)27)9-15(7-13)23(28,29)30/h2-7,9-10,17H,8,11H2,1H3. The summed E-state index contributed by atoms with van der Waals surface area (Å²) in [5.74, 6) is -1.37. The quantitative estimate of drug-likeness (QED) is 0.376. The monoisotopic (exact) mass is 565 g/mol. The van der Waals surface area contributed by atoms with Gasteiger partial charge in [-0.25, -0.2) is 4.98 Å². The Kier molecular flexibility index (Phi) is 6.89. The van der Waals surface area contributed by atoms with E-state index >= 15 is 0 Å². The van der Waals surface area contributed by atoms with Gasteiger partial charge < -0.3 is 4.74 Å². The molecule has 2 heterocycles. The number of carbonyl (C=O) groups is 1. The molecule has 6 nitrogen and oxygen atoms in total. The summed E-state index contributed by atoms with van der Waals surface area (Å²) in [6, 6.07) is 4.93. The van der Waals surface area contributed by atoms with Crippen LogP contribution in [0, 0.1) is 0 Å². The van der Waals surface area contributed by atoms with Crippen molar-refractivity contribution in [3.63, 3.8) is 0 Å². The number of aromatic nitrogens is 2. The Balaban J connectivity index is 1.82. The molecule has 1 aromatic heterocycles. The molecule has 1 aliphatic heterocycles. The Morgan fingerprint density at radius 2 is 1.36 bits per heavy atom. The predicted octanol–water partition coefficient (Wildman–Crippen LogP) is 5.64. The maximum Gasteiger partial charge on any atom is 0.433 e. The fourth-order valence-corrected chi connectivity index (χ4v) is 4.10. The fourth-order valence-electron chi connectivity index (χ4n) is 4.10. The Morgan fingerprint density at radius 1 is 0.795 bits per heavy atom. The first-order chi connectivity index (χ1) is 18.0. The molecular weight excluding hydrogens is 549 g/mol. The molecule has 4 rings (SSSR count). The number of halogens is 9. The van der Waals surface area contributed by atoms with E-state index < -0.39 is 77.3 Å². The number of nitrogens with zero attached hydrogens (tertiary/aromatic N) is 3. The highest BCUT2D eigenvalue weighted by Gasteiger charge is 2.44. The number of amides is 1. The highest BCUT2D eigenvalue weighted by Crippen LogP contribution is 2.39. The van der Waals surface area contributed by atoms with Crippen molar-refractivity contribution in [1.29, 1.82) is 0 Å². The lowest BCUT2D eigenvalue weighted by atomic mass is 9.99. The lowest BCUT2D eigenvalue weighted by Crippen LogP contribution is -2.30. The van der Waals surface area contributed by atoms with Gasteiger partial charge in [0, 0.05) is 12.5 Å². The fraction of sp³-hybridized carbons (Fsp3) is 0.292. The highest BCUT2D eigenvalue weighted by atomic mass is 19.4. The van der Waals surface area contributed by atoms with Gasteiger partial charge >= 0.3 is 18.5 Å². The maximum absolute atomic E-state index is 13.4. The van der Waals surface area contributed by atoms with Gasteiger partial charge in [-0.2, -0.15) is 39.5 Å². The molecule has 0 saturated carbocycles. The van der Waals surface area contributed by atoms with E-state index in [9.17, 15) is 49.1 Å². The SMILES string of the molecule is COc1ccc(CN2C(=O)C(Cc3cc(C(F)(F)F)cc(C(F)(F)F)c3)n3c2nc(C(F)(F)F)cc3=O)cc1. The third-order valence-corrected chi connectivity index (χ3v) is 5.90. The van der Waals surface area contributed by atoms with Gasteiger partial charge in [0.25, 0.3) is 11.5 Å². The second-order valence-electron chi connectivity index (χ2n) is 8.55. The summed E-state index contributed by atoms with van der Waals surface area (Å²) in [5, 5.41) is 0. The predicted molar refractivity (Wildman–Crippen MR) is 117 cm³/mol. The van der Waals surface area contributed by atoms with Gasteiger partial charge in [-0.3, -0.25) is 19.1 Å². The van der Waals surface area contributed by atoms with E-state index in [0.29, 0.717) is 28.0 Å². The molecule has 15 heteroatoms. The van der Waals surface area contributed by atoms with Gasteiger partial charge in [-0.05, 0) is 41.5 Å². The van der Waals surface area contributed by atoms with Crippen molar-refractivity contribution in [1.82, 2.24) is 9.55 Å². The molecule has 0 bridgehead atoms. The van der Waals surface area contributed by atoms with Crippen LogP contribution in [0.2, 0.25) is 0 Å². The Morgan fingerprint density at radius 3 is 1.85 bits per heavy atom. The highest BCUT2D eigenvalue weighted by molar-refractivity contribution is 5.98. The van der Waals surface area contributed by atoms with Gasteiger partial charge in [-0.15, -0.1) is 0 Å². The first kappa shape index (κ1) is 28.0. The van der Waals surface area contributed by atoms with Crippen LogP contribution in [-0.4, -0.2) is 22.6 Å². The molecular formula is C24H16F9N3O3. The molecule has 39 heavy (non-hydrogen) atoms. The average molecular weight is 565 g/mol. The van der Waals surface area contributed by atoms with Crippen molar-refractivity contribution in [3.8, 4) is 5.75 Å². The number of carbonyl (C=O) groups excluding carboxylic acids is 1. The van der Waals surface area contributed by atoms with Crippen LogP contribution < -0.4 is 15.2 Å². The van der Waals surface area contributed by atoms with E-state index in [-0.39, 0.29) is 12.1 Å². The van der Waals surface area contributed by atoms with Crippen LogP contribution >= 0.6 is 0 Å². The molecule has 1 amide bonds. The van der Waals surface area contributed by atoms with Gasteiger partial charge in [0.2, 0.25) is 5.95 Å². The smallest absolute Gasteiger partial charge is 0.433 e. The number of alkyl halides is 9. The normalized spacial score (nSPS) is 16.0. The third-order valence-electron chi connectivity index (χ3n) is 5.90. The minimum Gasteiger partial charge on any atom is -0.497 e. The lowest BCUT2D eigenvalue weighted by Gasteiger charge is -2.17. The summed E-state index contributed by atoms with van der Waals surface area (Å²) in [5.41, 5.74) is -6.52. The summed E-state index contributed by atoms with van der Waals surface area (Å²) in [6.45, 7) is -0.399. The molecule has 1 atom stereocenters. The molecule has 0 fully saturated rings. The Bertz CT molecular complexity index is 1430. The maximum atomic E-state index is 13.4. The van der Waals surface area contributed by atoms with Gasteiger partial charge in [0.05, 0.1) is 24.8 Å². The minimum absolute atomic E-state index is 0.104. The minimum atomic E-state index is -5.17. The summed E-state index contributed by atoms with van der Waals surface area (Å²) in [4.78, 5) is 30.2. The topological polar surface area (TPSA) is 64.4 Å². The van der Waals surface area contributed by atoms with Crippen LogP contribution in [0.3, 0.4) is 0 Å². The second kappa shape index (κ2) is 9.61. The second-order valence-corrected chi connectivity index (χ2v) is 8.55. The summed E-state index contributed by atoms with van der Waals surface area (Å²) < 4.78 is 126. The molecule has 0 N–H and O–H groups in total. The van der Waals surface area contributed by atoms with E-state index in [1.807, 2.05) is 0 Å². The lowest BCUT2D eigenvalue weighted by molar-refractivity contribution is -0.143. The van der Waals surface area contributed by atoms with Crippen molar-refractivity contribution in [3.05, 3.63) is 86.8 Å².